The molecule has 1 aromatic carbocycles. The highest BCUT2D eigenvalue weighted by atomic mass is 16.1. The third kappa shape index (κ3) is 1.84. The Kier molecular flexibility index (Phi) is 2.76. The maximum absolute atomic E-state index is 11.1. The molecule has 5 heteroatoms. The van der Waals surface area contributed by atoms with Gasteiger partial charge in [-0.25, -0.2) is 4.98 Å². The van der Waals surface area contributed by atoms with E-state index in [2.05, 4.69) is 15.6 Å². The van der Waals surface area contributed by atoms with Gasteiger partial charge in [0.15, 0.2) is 0 Å². The van der Waals surface area contributed by atoms with Crippen LogP contribution in [0.15, 0.2) is 24.3 Å². The predicted molar refractivity (Wildman–Crippen MR) is 63.3 cm³/mol. The monoisotopic (exact) mass is 218 g/mol. The van der Waals surface area contributed by atoms with Crippen LogP contribution in [-0.2, 0) is 11.8 Å². The molecule has 0 saturated heterocycles. The maximum Gasteiger partial charge on any atom is 0.239 e. The highest BCUT2D eigenvalue weighted by molar-refractivity contribution is 5.82. The van der Waals surface area contributed by atoms with Crippen molar-refractivity contribution in [2.45, 2.75) is 0 Å². The van der Waals surface area contributed by atoms with Gasteiger partial charge in [0.2, 0.25) is 11.9 Å². The number of aromatic nitrogens is 2. The molecule has 0 aliphatic heterocycles. The van der Waals surface area contributed by atoms with Gasteiger partial charge in [0.25, 0.3) is 0 Å². The second kappa shape index (κ2) is 4.22. The molecule has 0 saturated carbocycles. The SMILES string of the molecule is CNC(=O)CNc1nc2ccccc2n1C. The molecule has 5 nitrogen and oxygen atoms in total. The van der Waals surface area contributed by atoms with Crippen LogP contribution in [0.5, 0.6) is 0 Å². The number of imidazole rings is 1. The third-order valence-electron chi connectivity index (χ3n) is 2.47. The maximum atomic E-state index is 11.1. The molecule has 2 aromatic rings. The van der Waals surface area contributed by atoms with E-state index in [1.54, 1.807) is 7.05 Å². The van der Waals surface area contributed by atoms with E-state index in [1.165, 1.54) is 0 Å². The lowest BCUT2D eigenvalue weighted by Gasteiger charge is -2.04. The number of aryl methyl sites for hydroxylation is 1. The highest BCUT2D eigenvalue weighted by Crippen LogP contribution is 2.16. The lowest BCUT2D eigenvalue weighted by Crippen LogP contribution is -2.26. The summed E-state index contributed by atoms with van der Waals surface area (Å²) in [6.45, 7) is 0.230. The zero-order valence-corrected chi connectivity index (χ0v) is 9.32. The van der Waals surface area contributed by atoms with Crippen molar-refractivity contribution in [2.24, 2.45) is 7.05 Å². The standard InChI is InChI=1S/C11H14N4O/c1-12-10(16)7-13-11-14-8-5-3-4-6-9(8)15(11)2/h3-6H,7H2,1-2H3,(H,12,16)(H,13,14). The van der Waals surface area contributed by atoms with E-state index in [0.29, 0.717) is 5.95 Å². The summed E-state index contributed by atoms with van der Waals surface area (Å²) in [7, 11) is 3.53. The molecule has 0 aliphatic carbocycles. The summed E-state index contributed by atoms with van der Waals surface area (Å²) in [5, 5.41) is 5.54. The minimum Gasteiger partial charge on any atom is -0.358 e. The summed E-state index contributed by atoms with van der Waals surface area (Å²) in [4.78, 5) is 15.5. The van der Waals surface area contributed by atoms with Crippen LogP contribution < -0.4 is 10.6 Å². The molecule has 1 aromatic heterocycles. The third-order valence-corrected chi connectivity index (χ3v) is 2.47. The average Bonchev–Trinajstić information content (AvgIpc) is 2.64. The summed E-state index contributed by atoms with van der Waals surface area (Å²) < 4.78 is 1.93. The molecule has 2 N–H and O–H groups in total. The molecule has 84 valence electrons. The first-order valence-corrected chi connectivity index (χ1v) is 5.08. The van der Waals surface area contributed by atoms with Crippen molar-refractivity contribution in [2.75, 3.05) is 18.9 Å². The number of para-hydroxylation sites is 2. The second-order valence-corrected chi connectivity index (χ2v) is 3.51. The number of rotatable bonds is 3. The fourth-order valence-electron chi connectivity index (χ4n) is 1.55. The molecule has 0 aliphatic rings. The summed E-state index contributed by atoms with van der Waals surface area (Å²) in [5.74, 6) is 0.636. The van der Waals surface area contributed by atoms with Gasteiger partial charge in [-0.3, -0.25) is 4.79 Å². The molecule has 2 rings (SSSR count). The number of hydrogen-bond acceptors (Lipinski definition) is 3. The molecule has 0 bridgehead atoms. The zero-order chi connectivity index (χ0) is 11.5. The van der Waals surface area contributed by atoms with Crippen LogP contribution in [0.25, 0.3) is 11.0 Å². The van der Waals surface area contributed by atoms with E-state index in [0.717, 1.165) is 11.0 Å². The quantitative estimate of drug-likeness (QED) is 0.798. The number of fused-ring (bicyclic) bond motifs is 1. The molecule has 0 atom stereocenters. The topological polar surface area (TPSA) is 59.0 Å². The number of hydrogen-bond donors (Lipinski definition) is 2. The predicted octanol–water partition coefficient (Wildman–Crippen LogP) is 0.731. The highest BCUT2D eigenvalue weighted by Gasteiger charge is 2.07. The molecule has 16 heavy (non-hydrogen) atoms. The van der Waals surface area contributed by atoms with Crippen molar-refractivity contribution in [1.29, 1.82) is 0 Å². The van der Waals surface area contributed by atoms with E-state index >= 15 is 0 Å². The van der Waals surface area contributed by atoms with Crippen molar-refractivity contribution in [1.82, 2.24) is 14.9 Å². The smallest absolute Gasteiger partial charge is 0.239 e. The number of carbonyl (C=O) groups is 1. The summed E-state index contributed by atoms with van der Waals surface area (Å²) >= 11 is 0. The van der Waals surface area contributed by atoms with Crippen LogP contribution >= 0.6 is 0 Å². The number of amides is 1. The first kappa shape index (κ1) is 10.5. The summed E-state index contributed by atoms with van der Waals surface area (Å²) in [6.07, 6.45) is 0. The van der Waals surface area contributed by atoms with Crippen molar-refractivity contribution < 1.29 is 4.79 Å². The Morgan fingerprint density at radius 1 is 1.44 bits per heavy atom. The van der Waals surface area contributed by atoms with Crippen LogP contribution in [0.2, 0.25) is 0 Å². The molecule has 0 unspecified atom stereocenters. The Hall–Kier alpha value is -2.04. The Morgan fingerprint density at radius 2 is 2.19 bits per heavy atom. The van der Waals surface area contributed by atoms with E-state index in [-0.39, 0.29) is 12.5 Å². The Balaban J connectivity index is 2.24. The van der Waals surface area contributed by atoms with Crippen molar-refractivity contribution in [3.8, 4) is 0 Å². The van der Waals surface area contributed by atoms with Gasteiger partial charge in [0.05, 0.1) is 17.6 Å². The van der Waals surface area contributed by atoms with E-state index < -0.39 is 0 Å². The summed E-state index contributed by atoms with van der Waals surface area (Å²) in [6, 6.07) is 7.85. The van der Waals surface area contributed by atoms with Crippen LogP contribution in [0, 0.1) is 0 Å². The number of anilines is 1. The minimum atomic E-state index is -0.0629. The van der Waals surface area contributed by atoms with Crippen molar-refractivity contribution in [3.63, 3.8) is 0 Å². The first-order chi connectivity index (χ1) is 7.72. The normalized spacial score (nSPS) is 10.4. The van der Waals surface area contributed by atoms with Gasteiger partial charge in [-0.15, -0.1) is 0 Å². The number of carbonyl (C=O) groups excluding carboxylic acids is 1. The van der Waals surface area contributed by atoms with Gasteiger partial charge in [0, 0.05) is 14.1 Å². The number of likely N-dealkylation sites (N-methyl/N-ethyl adjacent to an activating group) is 1. The van der Waals surface area contributed by atoms with Crippen molar-refractivity contribution in [3.05, 3.63) is 24.3 Å². The fourth-order valence-corrected chi connectivity index (χ4v) is 1.55. The number of benzene rings is 1. The average molecular weight is 218 g/mol. The molecular formula is C11H14N4O. The molecule has 0 spiro atoms. The van der Waals surface area contributed by atoms with Gasteiger partial charge in [-0.2, -0.15) is 0 Å². The molecule has 1 amide bonds. The molecule has 0 fully saturated rings. The number of nitrogens with one attached hydrogen (secondary N) is 2. The van der Waals surface area contributed by atoms with Crippen LogP contribution in [0.3, 0.4) is 0 Å². The van der Waals surface area contributed by atoms with E-state index in [9.17, 15) is 4.79 Å². The van der Waals surface area contributed by atoms with Gasteiger partial charge in [-0.1, -0.05) is 12.1 Å². The van der Waals surface area contributed by atoms with E-state index in [1.807, 2.05) is 35.9 Å². The number of nitrogens with zero attached hydrogens (tertiary/aromatic N) is 2. The van der Waals surface area contributed by atoms with Gasteiger partial charge >= 0.3 is 0 Å². The van der Waals surface area contributed by atoms with Crippen LogP contribution in [-0.4, -0.2) is 29.1 Å². The molecule has 1 heterocycles. The first-order valence-electron chi connectivity index (χ1n) is 5.08. The largest absolute Gasteiger partial charge is 0.358 e. The molecular weight excluding hydrogens is 204 g/mol. The lowest BCUT2D eigenvalue weighted by molar-refractivity contribution is -0.118. The molecule has 0 radical (unpaired) electrons. The van der Waals surface area contributed by atoms with Crippen molar-refractivity contribution >= 4 is 22.9 Å². The Morgan fingerprint density at radius 3 is 2.88 bits per heavy atom. The van der Waals surface area contributed by atoms with Gasteiger partial charge in [-0.05, 0) is 12.1 Å². The van der Waals surface area contributed by atoms with Crippen LogP contribution in [0.4, 0.5) is 5.95 Å². The second-order valence-electron chi connectivity index (χ2n) is 3.51. The Bertz CT molecular complexity index is 518. The summed E-state index contributed by atoms with van der Waals surface area (Å²) in [5.41, 5.74) is 1.96. The minimum absolute atomic E-state index is 0.0629. The fraction of sp³-hybridized carbons (Fsp3) is 0.273. The lowest BCUT2D eigenvalue weighted by atomic mass is 10.3. The Labute approximate surface area is 93.5 Å². The van der Waals surface area contributed by atoms with Gasteiger partial charge < -0.3 is 15.2 Å². The van der Waals surface area contributed by atoms with Crippen LogP contribution in [0.1, 0.15) is 0 Å². The van der Waals surface area contributed by atoms with Gasteiger partial charge in [0.1, 0.15) is 0 Å². The zero-order valence-electron chi connectivity index (χ0n) is 9.32. The van der Waals surface area contributed by atoms with E-state index in [4.69, 9.17) is 0 Å².